The molecule has 0 unspecified atom stereocenters. The Kier molecular flexibility index (Phi) is 4.25. The molecule has 1 fully saturated rings. The van der Waals surface area contributed by atoms with Crippen LogP contribution in [0.5, 0.6) is 0 Å². The SMILES string of the molecule is O=[SH](=O)CC(F)(F)c1ccnc(N2CCOCC2)n1. The van der Waals surface area contributed by atoms with Gasteiger partial charge in [-0.3, -0.25) is 0 Å². The molecule has 2 heterocycles. The van der Waals surface area contributed by atoms with Crippen molar-refractivity contribution in [1.82, 2.24) is 9.97 Å². The highest BCUT2D eigenvalue weighted by atomic mass is 32.2. The summed E-state index contributed by atoms with van der Waals surface area (Å²) < 4.78 is 53.3. The summed E-state index contributed by atoms with van der Waals surface area (Å²) in [6, 6.07) is 1.03. The Morgan fingerprint density at radius 1 is 1.37 bits per heavy atom. The molecule has 0 spiro atoms. The lowest BCUT2D eigenvalue weighted by Gasteiger charge is -2.27. The summed E-state index contributed by atoms with van der Waals surface area (Å²) in [5, 5.41) is 0. The highest BCUT2D eigenvalue weighted by molar-refractivity contribution is 7.72. The van der Waals surface area contributed by atoms with E-state index in [1.807, 2.05) is 0 Å². The smallest absolute Gasteiger partial charge is 0.303 e. The van der Waals surface area contributed by atoms with E-state index in [-0.39, 0.29) is 5.95 Å². The van der Waals surface area contributed by atoms with Gasteiger partial charge >= 0.3 is 5.92 Å². The third-order valence-electron chi connectivity index (χ3n) is 2.64. The van der Waals surface area contributed by atoms with Crippen molar-refractivity contribution in [3.8, 4) is 0 Å². The second kappa shape index (κ2) is 5.74. The summed E-state index contributed by atoms with van der Waals surface area (Å²) in [5.74, 6) is -4.58. The van der Waals surface area contributed by atoms with E-state index in [0.717, 1.165) is 6.07 Å². The molecule has 0 amide bonds. The summed E-state index contributed by atoms with van der Waals surface area (Å²) in [4.78, 5) is 9.42. The monoisotopic (exact) mass is 293 g/mol. The first kappa shape index (κ1) is 14.1. The second-order valence-corrected chi connectivity index (χ2v) is 5.02. The molecule has 0 radical (unpaired) electrons. The van der Waals surface area contributed by atoms with E-state index in [0.29, 0.717) is 26.3 Å². The third-order valence-corrected chi connectivity index (χ3v) is 3.29. The van der Waals surface area contributed by atoms with Crippen LogP contribution in [0.3, 0.4) is 0 Å². The van der Waals surface area contributed by atoms with Crippen LogP contribution < -0.4 is 4.90 Å². The lowest BCUT2D eigenvalue weighted by Crippen LogP contribution is -2.37. The Labute approximate surface area is 110 Å². The van der Waals surface area contributed by atoms with E-state index in [1.165, 1.54) is 6.20 Å². The van der Waals surface area contributed by atoms with E-state index in [4.69, 9.17) is 4.74 Å². The molecule has 0 saturated carbocycles. The van der Waals surface area contributed by atoms with Gasteiger partial charge in [-0.05, 0) is 6.07 Å². The molecule has 0 bridgehead atoms. The summed E-state index contributed by atoms with van der Waals surface area (Å²) in [6.45, 7) is 2.00. The van der Waals surface area contributed by atoms with Gasteiger partial charge in [-0.1, -0.05) is 0 Å². The summed E-state index contributed by atoms with van der Waals surface area (Å²) >= 11 is 0. The van der Waals surface area contributed by atoms with E-state index in [9.17, 15) is 17.2 Å². The Bertz CT molecular complexity index is 510. The summed E-state index contributed by atoms with van der Waals surface area (Å²) in [6.07, 6.45) is 1.21. The lowest BCUT2D eigenvalue weighted by atomic mass is 10.2. The van der Waals surface area contributed by atoms with Crippen molar-refractivity contribution in [3.63, 3.8) is 0 Å². The number of halogens is 2. The predicted molar refractivity (Wildman–Crippen MR) is 64.1 cm³/mol. The average Bonchev–Trinajstić information content (AvgIpc) is 2.38. The van der Waals surface area contributed by atoms with E-state index >= 15 is 0 Å². The van der Waals surface area contributed by atoms with Gasteiger partial charge in [0.05, 0.1) is 13.2 Å². The van der Waals surface area contributed by atoms with Gasteiger partial charge < -0.3 is 9.64 Å². The fourth-order valence-electron chi connectivity index (χ4n) is 1.71. The van der Waals surface area contributed by atoms with Crippen molar-refractivity contribution in [2.24, 2.45) is 0 Å². The number of nitrogens with zero attached hydrogens (tertiary/aromatic N) is 3. The van der Waals surface area contributed by atoms with Gasteiger partial charge in [-0.25, -0.2) is 18.4 Å². The van der Waals surface area contributed by atoms with Crippen LogP contribution in [-0.2, 0) is 21.4 Å². The molecule has 19 heavy (non-hydrogen) atoms. The first-order valence-corrected chi connectivity index (χ1v) is 7.01. The van der Waals surface area contributed by atoms with Crippen LogP contribution in [0.15, 0.2) is 12.3 Å². The number of anilines is 1. The third kappa shape index (κ3) is 3.57. The maximum absolute atomic E-state index is 13.6. The highest BCUT2D eigenvalue weighted by Gasteiger charge is 2.35. The van der Waals surface area contributed by atoms with Gasteiger partial charge in [0.15, 0.2) is 0 Å². The number of aromatic nitrogens is 2. The molecule has 0 atom stereocenters. The first-order chi connectivity index (χ1) is 8.99. The van der Waals surface area contributed by atoms with Crippen molar-refractivity contribution < 1.29 is 21.9 Å². The van der Waals surface area contributed by atoms with Crippen molar-refractivity contribution in [2.75, 3.05) is 37.0 Å². The molecule has 1 saturated heterocycles. The van der Waals surface area contributed by atoms with Crippen LogP contribution in [0, 0.1) is 0 Å². The Balaban J connectivity index is 2.23. The van der Waals surface area contributed by atoms with E-state index in [2.05, 4.69) is 9.97 Å². The molecule has 1 aromatic heterocycles. The highest BCUT2D eigenvalue weighted by Crippen LogP contribution is 2.27. The molecule has 106 valence electrons. The minimum Gasteiger partial charge on any atom is -0.378 e. The van der Waals surface area contributed by atoms with Crippen molar-refractivity contribution in [3.05, 3.63) is 18.0 Å². The number of ether oxygens (including phenoxy) is 1. The average molecular weight is 293 g/mol. The van der Waals surface area contributed by atoms with Gasteiger partial charge in [-0.2, -0.15) is 8.78 Å². The molecule has 0 aromatic carbocycles. The zero-order valence-corrected chi connectivity index (χ0v) is 10.9. The molecule has 1 aliphatic heterocycles. The van der Waals surface area contributed by atoms with Crippen LogP contribution in [-0.4, -0.2) is 50.4 Å². The summed E-state index contributed by atoms with van der Waals surface area (Å²) in [5.41, 5.74) is -0.580. The molecule has 1 aromatic rings. The quantitative estimate of drug-likeness (QED) is 0.789. The van der Waals surface area contributed by atoms with Crippen LogP contribution in [0.4, 0.5) is 14.7 Å². The first-order valence-electron chi connectivity index (χ1n) is 5.65. The largest absolute Gasteiger partial charge is 0.378 e. The molecular formula is C10H13F2N3O3S. The molecular weight excluding hydrogens is 280 g/mol. The van der Waals surface area contributed by atoms with Gasteiger partial charge in [0.2, 0.25) is 5.95 Å². The Morgan fingerprint density at radius 2 is 2.05 bits per heavy atom. The zero-order chi connectivity index (χ0) is 13.9. The molecule has 0 aliphatic carbocycles. The number of hydrogen-bond acceptors (Lipinski definition) is 6. The number of rotatable bonds is 4. The number of alkyl halides is 2. The van der Waals surface area contributed by atoms with E-state index in [1.54, 1.807) is 4.90 Å². The molecule has 2 rings (SSSR count). The van der Waals surface area contributed by atoms with E-state index < -0.39 is 28.1 Å². The van der Waals surface area contributed by atoms with Crippen LogP contribution in [0.1, 0.15) is 5.69 Å². The number of morpholine rings is 1. The normalized spacial score (nSPS) is 16.9. The van der Waals surface area contributed by atoms with Crippen LogP contribution in [0.2, 0.25) is 0 Å². The Hall–Kier alpha value is -1.35. The molecule has 9 heteroatoms. The number of thiol groups is 1. The molecule has 0 N–H and O–H groups in total. The number of hydrogen-bond donors (Lipinski definition) is 1. The van der Waals surface area contributed by atoms with Crippen molar-refractivity contribution in [2.45, 2.75) is 5.92 Å². The lowest BCUT2D eigenvalue weighted by molar-refractivity contribution is 0.0171. The maximum atomic E-state index is 13.6. The zero-order valence-electron chi connectivity index (χ0n) is 9.96. The Morgan fingerprint density at radius 3 is 2.68 bits per heavy atom. The second-order valence-electron chi connectivity index (χ2n) is 4.04. The van der Waals surface area contributed by atoms with Crippen molar-refractivity contribution >= 4 is 16.7 Å². The van der Waals surface area contributed by atoms with Crippen LogP contribution >= 0.6 is 0 Å². The maximum Gasteiger partial charge on any atom is 0.303 e. The minimum atomic E-state index is -3.50. The van der Waals surface area contributed by atoms with Gasteiger partial charge in [-0.15, -0.1) is 0 Å². The minimum absolute atomic E-state index is 0.168. The topological polar surface area (TPSA) is 72.4 Å². The van der Waals surface area contributed by atoms with Gasteiger partial charge in [0, 0.05) is 19.3 Å². The predicted octanol–water partition coefficient (Wildman–Crippen LogP) is 0.0164. The summed E-state index contributed by atoms with van der Waals surface area (Å²) in [7, 11) is -3.18. The van der Waals surface area contributed by atoms with Crippen molar-refractivity contribution in [1.29, 1.82) is 0 Å². The molecule has 6 nitrogen and oxygen atoms in total. The fraction of sp³-hybridized carbons (Fsp3) is 0.600. The van der Waals surface area contributed by atoms with Gasteiger partial charge in [0.1, 0.15) is 22.2 Å². The van der Waals surface area contributed by atoms with Crippen LogP contribution in [0.25, 0.3) is 0 Å². The fourth-order valence-corrected chi connectivity index (χ4v) is 2.20. The molecule has 1 aliphatic rings. The standard InChI is InChI=1S/C10H13F2N3O3S/c11-10(12,7-19(16)17)8-1-2-13-9(14-8)15-3-5-18-6-4-15/h1-2,19H,3-7H2. The van der Waals surface area contributed by atoms with Gasteiger partial charge in [0.25, 0.3) is 0 Å².